The van der Waals surface area contributed by atoms with Gasteiger partial charge in [0, 0.05) is 12.8 Å². The van der Waals surface area contributed by atoms with Gasteiger partial charge in [0.15, 0.2) is 6.10 Å². The van der Waals surface area contributed by atoms with E-state index in [4.69, 9.17) is 9.47 Å². The zero-order valence-electron chi connectivity index (χ0n) is 43.6. The van der Waals surface area contributed by atoms with Crippen molar-refractivity contribution in [2.45, 2.75) is 258 Å². The standard InChI is InChI=1S/C62H104O5/c1-3-5-7-9-11-13-15-17-18-19-20-21-22-23-24-25-26-27-28-29-30-31-32-33-34-35-36-37-38-39-40-41-42-43-44-45-47-49-51-53-55-57-62(65)67-60(58-63)59-66-61(64)56-54-52-50-48-46-16-14-12-10-8-6-4-2/h5,7,11,13,17-18,20-21,23-24,26-27,29-30,32-33,35-36,60,63H,3-4,6,8-10,12,14-16,19,22,25,28,31,34,37-59H2,1-2H3/b7-5-,13-11-,18-17-,21-20-,24-23-,27-26-,30-29-,33-32-,36-35-. The van der Waals surface area contributed by atoms with Gasteiger partial charge in [-0.2, -0.15) is 0 Å². The van der Waals surface area contributed by atoms with Gasteiger partial charge < -0.3 is 14.6 Å². The van der Waals surface area contributed by atoms with Gasteiger partial charge in [0.25, 0.3) is 0 Å². The van der Waals surface area contributed by atoms with E-state index in [0.29, 0.717) is 12.8 Å². The van der Waals surface area contributed by atoms with Gasteiger partial charge in [-0.25, -0.2) is 0 Å². The van der Waals surface area contributed by atoms with E-state index in [-0.39, 0.29) is 25.2 Å². The molecule has 0 bridgehead atoms. The highest BCUT2D eigenvalue weighted by Gasteiger charge is 2.16. The van der Waals surface area contributed by atoms with E-state index in [9.17, 15) is 14.7 Å². The van der Waals surface area contributed by atoms with Gasteiger partial charge in [-0.05, 0) is 83.5 Å². The zero-order valence-corrected chi connectivity index (χ0v) is 43.6. The average Bonchev–Trinajstić information content (AvgIpc) is 3.33. The summed E-state index contributed by atoms with van der Waals surface area (Å²) in [5.41, 5.74) is 0. The summed E-state index contributed by atoms with van der Waals surface area (Å²) in [6.07, 6.45) is 82.1. The number of unbranched alkanes of at least 4 members (excludes halogenated alkanes) is 24. The van der Waals surface area contributed by atoms with Crippen molar-refractivity contribution < 1.29 is 24.2 Å². The molecular weight excluding hydrogens is 825 g/mol. The predicted octanol–water partition coefficient (Wildman–Crippen LogP) is 18.9. The molecule has 5 heteroatoms. The summed E-state index contributed by atoms with van der Waals surface area (Å²) in [5.74, 6) is -0.590. The predicted molar refractivity (Wildman–Crippen MR) is 292 cm³/mol. The van der Waals surface area contributed by atoms with E-state index in [1.54, 1.807) is 0 Å². The molecule has 0 aromatic rings. The molecule has 0 aromatic carbocycles. The van der Waals surface area contributed by atoms with Crippen LogP contribution in [0.5, 0.6) is 0 Å². The number of ether oxygens (including phenoxy) is 2. The lowest BCUT2D eigenvalue weighted by atomic mass is 10.0. The Kier molecular flexibility index (Phi) is 54.0. The van der Waals surface area contributed by atoms with E-state index in [1.807, 2.05) is 0 Å². The van der Waals surface area contributed by atoms with Crippen molar-refractivity contribution >= 4 is 11.9 Å². The number of carbonyl (C=O) groups excluding carboxylic acids is 2. The first-order chi connectivity index (χ1) is 33.1. The molecule has 0 heterocycles. The van der Waals surface area contributed by atoms with Crippen LogP contribution in [0, 0.1) is 0 Å². The summed E-state index contributed by atoms with van der Waals surface area (Å²) in [6.45, 7) is 4.02. The summed E-state index contributed by atoms with van der Waals surface area (Å²) in [4.78, 5) is 24.4. The topological polar surface area (TPSA) is 72.8 Å². The number of carbonyl (C=O) groups is 2. The zero-order chi connectivity index (χ0) is 48.5. The number of allylic oxidation sites excluding steroid dienone is 18. The monoisotopic (exact) mass is 929 g/mol. The van der Waals surface area contributed by atoms with Crippen molar-refractivity contribution in [1.82, 2.24) is 0 Å². The SMILES string of the molecule is CC/C=C\C/C=C\C/C=C\C/C=C\C/C=C\C/C=C\C/C=C\C/C=C\C/C=C\CCCCCCCCCCCCCCCC(=O)OC(CO)COC(=O)CCCCCCCCCCCCCC. The molecule has 1 atom stereocenters. The molecule has 0 aliphatic heterocycles. The second-order valence-corrected chi connectivity index (χ2v) is 18.3. The van der Waals surface area contributed by atoms with Gasteiger partial charge >= 0.3 is 11.9 Å². The average molecular weight is 930 g/mol. The first-order valence-corrected chi connectivity index (χ1v) is 27.9. The summed E-state index contributed by atoms with van der Waals surface area (Å²) in [7, 11) is 0. The lowest BCUT2D eigenvalue weighted by molar-refractivity contribution is -0.161. The number of aliphatic hydroxyl groups is 1. The molecular formula is C62H104O5. The molecule has 0 aliphatic carbocycles. The molecule has 0 aromatic heterocycles. The Hall–Kier alpha value is -3.44. The van der Waals surface area contributed by atoms with Crippen molar-refractivity contribution in [3.8, 4) is 0 Å². The van der Waals surface area contributed by atoms with E-state index < -0.39 is 6.10 Å². The van der Waals surface area contributed by atoms with Crippen LogP contribution in [0.1, 0.15) is 251 Å². The number of esters is 2. The minimum Gasteiger partial charge on any atom is -0.462 e. The molecule has 0 aliphatic rings. The maximum absolute atomic E-state index is 12.3. The number of rotatable bonds is 50. The van der Waals surface area contributed by atoms with Gasteiger partial charge in [0.2, 0.25) is 0 Å². The third-order valence-electron chi connectivity index (χ3n) is 11.8. The van der Waals surface area contributed by atoms with Crippen LogP contribution in [-0.2, 0) is 19.1 Å². The normalized spacial score (nSPS) is 13.1. The maximum atomic E-state index is 12.3. The highest BCUT2D eigenvalue weighted by atomic mass is 16.6. The Morgan fingerprint density at radius 2 is 0.642 bits per heavy atom. The highest BCUT2D eigenvalue weighted by Crippen LogP contribution is 2.15. The van der Waals surface area contributed by atoms with Crippen LogP contribution in [-0.4, -0.2) is 36.4 Å². The molecule has 0 saturated heterocycles. The van der Waals surface area contributed by atoms with E-state index >= 15 is 0 Å². The Morgan fingerprint density at radius 3 is 0.970 bits per heavy atom. The van der Waals surface area contributed by atoms with Crippen LogP contribution in [0.15, 0.2) is 109 Å². The fourth-order valence-electron chi connectivity index (χ4n) is 7.67. The van der Waals surface area contributed by atoms with Crippen molar-refractivity contribution in [1.29, 1.82) is 0 Å². The van der Waals surface area contributed by atoms with Crippen molar-refractivity contribution in [3.63, 3.8) is 0 Å². The molecule has 0 rings (SSSR count). The summed E-state index contributed by atoms with van der Waals surface area (Å²) in [6, 6.07) is 0. The smallest absolute Gasteiger partial charge is 0.306 e. The van der Waals surface area contributed by atoms with Crippen molar-refractivity contribution in [2.24, 2.45) is 0 Å². The lowest BCUT2D eigenvalue weighted by Gasteiger charge is -2.15. The fraction of sp³-hybridized carbons (Fsp3) is 0.677. The lowest BCUT2D eigenvalue weighted by Crippen LogP contribution is -2.28. The first-order valence-electron chi connectivity index (χ1n) is 27.9. The molecule has 382 valence electrons. The minimum absolute atomic E-state index is 0.0667. The Bertz CT molecular complexity index is 1330. The number of aliphatic hydroxyl groups excluding tert-OH is 1. The highest BCUT2D eigenvalue weighted by molar-refractivity contribution is 5.70. The molecule has 67 heavy (non-hydrogen) atoms. The second kappa shape index (κ2) is 56.9. The Balaban J connectivity index is 3.53. The van der Waals surface area contributed by atoms with E-state index in [2.05, 4.69) is 123 Å². The summed E-state index contributed by atoms with van der Waals surface area (Å²) in [5, 5.41) is 9.61. The molecule has 0 radical (unpaired) electrons. The number of hydrogen-bond acceptors (Lipinski definition) is 5. The fourth-order valence-corrected chi connectivity index (χ4v) is 7.67. The van der Waals surface area contributed by atoms with E-state index in [0.717, 1.165) is 96.3 Å². The van der Waals surface area contributed by atoms with Gasteiger partial charge in [0.1, 0.15) is 6.61 Å². The molecule has 0 fully saturated rings. The number of hydrogen-bond donors (Lipinski definition) is 1. The van der Waals surface area contributed by atoms with Crippen LogP contribution in [0.4, 0.5) is 0 Å². The van der Waals surface area contributed by atoms with Gasteiger partial charge in [-0.3, -0.25) is 9.59 Å². The Labute approximate surface area is 414 Å². The van der Waals surface area contributed by atoms with Crippen LogP contribution >= 0.6 is 0 Å². The van der Waals surface area contributed by atoms with Gasteiger partial charge in [-0.15, -0.1) is 0 Å². The quantitative estimate of drug-likeness (QED) is 0.0374. The minimum atomic E-state index is -0.774. The summed E-state index contributed by atoms with van der Waals surface area (Å²) < 4.78 is 10.7. The van der Waals surface area contributed by atoms with Gasteiger partial charge in [0.05, 0.1) is 6.61 Å². The first kappa shape index (κ1) is 63.6. The second-order valence-electron chi connectivity index (χ2n) is 18.3. The molecule has 0 spiro atoms. The maximum Gasteiger partial charge on any atom is 0.306 e. The molecule has 1 N–H and O–H groups in total. The van der Waals surface area contributed by atoms with Crippen LogP contribution in [0.2, 0.25) is 0 Å². The molecule has 0 amide bonds. The third kappa shape index (κ3) is 55.0. The van der Waals surface area contributed by atoms with Crippen molar-refractivity contribution in [2.75, 3.05) is 13.2 Å². The molecule has 5 nitrogen and oxygen atoms in total. The molecule has 1 unspecified atom stereocenters. The third-order valence-corrected chi connectivity index (χ3v) is 11.8. The largest absolute Gasteiger partial charge is 0.462 e. The van der Waals surface area contributed by atoms with E-state index in [1.165, 1.54) is 128 Å². The Morgan fingerprint density at radius 1 is 0.358 bits per heavy atom. The van der Waals surface area contributed by atoms with Crippen molar-refractivity contribution in [3.05, 3.63) is 109 Å². The molecule has 0 saturated carbocycles. The van der Waals surface area contributed by atoms with Crippen LogP contribution in [0.25, 0.3) is 0 Å². The van der Waals surface area contributed by atoms with Crippen LogP contribution in [0.3, 0.4) is 0 Å². The summed E-state index contributed by atoms with van der Waals surface area (Å²) >= 11 is 0. The van der Waals surface area contributed by atoms with Crippen LogP contribution < -0.4 is 0 Å². The van der Waals surface area contributed by atoms with Gasteiger partial charge in [-0.1, -0.05) is 264 Å².